The van der Waals surface area contributed by atoms with Gasteiger partial charge >= 0.3 is 0 Å². The smallest absolute Gasteiger partial charge is 0.184 e. The van der Waals surface area contributed by atoms with Gasteiger partial charge in [-0.3, -0.25) is 0 Å². The molecule has 0 unspecified atom stereocenters. The predicted molar refractivity (Wildman–Crippen MR) is 77.0 cm³/mol. The molecule has 0 radical (unpaired) electrons. The molecule has 0 saturated carbocycles. The van der Waals surface area contributed by atoms with Crippen LogP contribution in [0.1, 0.15) is 27.7 Å². The van der Waals surface area contributed by atoms with Crippen molar-refractivity contribution in [3.8, 4) is 0 Å². The van der Waals surface area contributed by atoms with E-state index in [-0.39, 0.29) is 11.2 Å². The fourth-order valence-electron chi connectivity index (χ4n) is 1.78. The van der Waals surface area contributed by atoms with Gasteiger partial charge in [0, 0.05) is 0 Å². The van der Waals surface area contributed by atoms with Crippen LogP contribution in [-0.4, -0.2) is 27.8 Å². The molecule has 0 aromatic rings. The average molecular weight is 263 g/mol. The summed E-state index contributed by atoms with van der Waals surface area (Å²) in [7, 11) is -3.08. The van der Waals surface area contributed by atoms with Crippen molar-refractivity contribution < 1.29 is 8.85 Å². The molecule has 0 amide bonds. The van der Waals surface area contributed by atoms with Crippen molar-refractivity contribution in [2.45, 2.75) is 78.2 Å². The summed E-state index contributed by atoms with van der Waals surface area (Å²) in [5, 5.41) is 0. The molecule has 0 rings (SSSR count). The molecule has 0 spiro atoms. The van der Waals surface area contributed by atoms with E-state index in [9.17, 15) is 0 Å². The molecule has 16 heavy (non-hydrogen) atoms. The first-order valence-corrected chi connectivity index (χ1v) is 12.9. The molecule has 2 nitrogen and oxygen atoms in total. The van der Waals surface area contributed by atoms with Crippen LogP contribution in [0.2, 0.25) is 39.3 Å². The zero-order valence-electron chi connectivity index (χ0n) is 12.8. The highest BCUT2D eigenvalue weighted by molar-refractivity contribution is 6.70. The molecule has 0 aromatic carbocycles. The third-order valence-corrected chi connectivity index (χ3v) is 4.82. The van der Waals surface area contributed by atoms with E-state index in [2.05, 4.69) is 67.0 Å². The summed E-state index contributed by atoms with van der Waals surface area (Å²) in [6.45, 7) is 21.9. The van der Waals surface area contributed by atoms with Gasteiger partial charge in [0.05, 0.1) is 11.2 Å². The second kappa shape index (κ2) is 4.55. The van der Waals surface area contributed by atoms with Crippen LogP contribution in [0.15, 0.2) is 0 Å². The second-order valence-electron chi connectivity index (χ2n) is 7.45. The van der Waals surface area contributed by atoms with Crippen molar-refractivity contribution in [2.24, 2.45) is 0 Å². The third-order valence-electron chi connectivity index (χ3n) is 2.57. The maximum Gasteiger partial charge on any atom is 0.184 e. The largest absolute Gasteiger partial charge is 0.410 e. The number of hydrogen-bond acceptors (Lipinski definition) is 2. The molecule has 0 aliphatic carbocycles. The number of hydrogen-bond donors (Lipinski definition) is 0. The highest BCUT2D eigenvalue weighted by atomic mass is 28.4. The van der Waals surface area contributed by atoms with E-state index in [1.807, 2.05) is 0 Å². The average Bonchev–Trinajstić information content (AvgIpc) is 1.72. The lowest BCUT2D eigenvalue weighted by atomic mass is 9.90. The van der Waals surface area contributed by atoms with Crippen molar-refractivity contribution in [2.75, 3.05) is 0 Å². The van der Waals surface area contributed by atoms with Gasteiger partial charge in [-0.2, -0.15) is 0 Å². The summed E-state index contributed by atoms with van der Waals surface area (Å²) >= 11 is 0. The maximum absolute atomic E-state index is 6.27. The van der Waals surface area contributed by atoms with Crippen LogP contribution in [0.25, 0.3) is 0 Å². The van der Waals surface area contributed by atoms with E-state index in [0.717, 1.165) is 0 Å². The standard InChI is InChI=1S/C12H30O2Si2/c1-11(2,13-15(5,6)7)12(3,4)14-16(8,9)10/h1-10H3. The molecule has 0 bridgehead atoms. The van der Waals surface area contributed by atoms with Gasteiger partial charge in [0.1, 0.15) is 0 Å². The molecule has 0 aliphatic heterocycles. The Morgan fingerprint density at radius 1 is 0.562 bits per heavy atom. The summed E-state index contributed by atoms with van der Waals surface area (Å²) < 4.78 is 12.5. The topological polar surface area (TPSA) is 18.5 Å². The van der Waals surface area contributed by atoms with Crippen molar-refractivity contribution >= 4 is 16.6 Å². The third kappa shape index (κ3) is 5.61. The lowest BCUT2D eigenvalue weighted by molar-refractivity contribution is -0.0833. The van der Waals surface area contributed by atoms with Crippen molar-refractivity contribution in [3.63, 3.8) is 0 Å². The first-order valence-electron chi connectivity index (χ1n) is 6.07. The zero-order chi connectivity index (χ0) is 13.4. The van der Waals surface area contributed by atoms with Crippen LogP contribution < -0.4 is 0 Å². The van der Waals surface area contributed by atoms with E-state index in [1.165, 1.54) is 0 Å². The first kappa shape index (κ1) is 16.4. The Morgan fingerprint density at radius 2 is 0.750 bits per heavy atom. The summed E-state index contributed by atoms with van der Waals surface area (Å²) in [4.78, 5) is 0. The highest BCUT2D eigenvalue weighted by Crippen LogP contribution is 2.34. The fraction of sp³-hybridized carbons (Fsp3) is 1.00. The molecule has 98 valence electrons. The molecule has 4 heteroatoms. The van der Waals surface area contributed by atoms with Gasteiger partial charge in [-0.1, -0.05) is 0 Å². The van der Waals surface area contributed by atoms with Gasteiger partial charge in [-0.15, -0.1) is 0 Å². The Morgan fingerprint density at radius 3 is 0.875 bits per heavy atom. The van der Waals surface area contributed by atoms with Gasteiger partial charge < -0.3 is 8.85 Å². The van der Waals surface area contributed by atoms with E-state index in [0.29, 0.717) is 0 Å². The van der Waals surface area contributed by atoms with E-state index < -0.39 is 16.6 Å². The van der Waals surface area contributed by atoms with Gasteiger partial charge in [0.15, 0.2) is 16.6 Å². The minimum atomic E-state index is -1.54. The molecule has 0 saturated heterocycles. The molecule has 0 fully saturated rings. The van der Waals surface area contributed by atoms with Crippen LogP contribution >= 0.6 is 0 Å². The van der Waals surface area contributed by atoms with E-state index >= 15 is 0 Å². The SMILES string of the molecule is CC(C)(O[Si](C)(C)C)C(C)(C)O[Si](C)(C)C. The fourth-order valence-corrected chi connectivity index (χ4v) is 5.33. The lowest BCUT2D eigenvalue weighted by Crippen LogP contribution is -2.57. The van der Waals surface area contributed by atoms with E-state index in [1.54, 1.807) is 0 Å². The Kier molecular flexibility index (Phi) is 4.66. The maximum atomic E-state index is 6.27. The molecular formula is C12H30O2Si2. The second-order valence-corrected chi connectivity index (χ2v) is 16.3. The van der Waals surface area contributed by atoms with Crippen LogP contribution in [0.4, 0.5) is 0 Å². The summed E-state index contributed by atoms with van der Waals surface area (Å²) in [6, 6.07) is 0. The number of rotatable bonds is 5. The van der Waals surface area contributed by atoms with Gasteiger partial charge in [0.2, 0.25) is 0 Å². The molecule has 0 N–H and O–H groups in total. The summed E-state index contributed by atoms with van der Waals surface area (Å²) in [5.74, 6) is 0. The summed E-state index contributed by atoms with van der Waals surface area (Å²) in [6.07, 6.45) is 0. The summed E-state index contributed by atoms with van der Waals surface area (Å²) in [5.41, 5.74) is -0.477. The first-order chi connectivity index (χ1) is 6.66. The van der Waals surface area contributed by atoms with Crippen molar-refractivity contribution in [1.29, 1.82) is 0 Å². The molecule has 0 aromatic heterocycles. The van der Waals surface area contributed by atoms with Crippen molar-refractivity contribution in [1.82, 2.24) is 0 Å². The Labute approximate surface area is 104 Å². The minimum Gasteiger partial charge on any atom is -0.410 e. The van der Waals surface area contributed by atoms with Crippen molar-refractivity contribution in [3.05, 3.63) is 0 Å². The van der Waals surface area contributed by atoms with Gasteiger partial charge in [0.25, 0.3) is 0 Å². The van der Waals surface area contributed by atoms with Crippen LogP contribution in [-0.2, 0) is 8.85 Å². The van der Waals surface area contributed by atoms with Crippen LogP contribution in [0, 0.1) is 0 Å². The van der Waals surface area contributed by atoms with Gasteiger partial charge in [-0.05, 0) is 67.0 Å². The van der Waals surface area contributed by atoms with Crippen LogP contribution in [0.3, 0.4) is 0 Å². The van der Waals surface area contributed by atoms with E-state index in [4.69, 9.17) is 8.85 Å². The van der Waals surface area contributed by atoms with Gasteiger partial charge in [-0.25, -0.2) is 0 Å². The quantitative estimate of drug-likeness (QED) is 0.690. The normalized spacial score (nSPS) is 15.4. The Bertz CT molecular complexity index is 208. The molecule has 0 heterocycles. The Balaban J connectivity index is 4.85. The zero-order valence-corrected chi connectivity index (χ0v) is 14.8. The minimum absolute atomic E-state index is 0.238. The molecule has 0 aliphatic rings. The molecular weight excluding hydrogens is 232 g/mol. The lowest BCUT2D eigenvalue weighted by Gasteiger charge is -2.47. The molecule has 0 atom stereocenters. The predicted octanol–water partition coefficient (Wildman–Crippen LogP) is 4.25. The highest BCUT2D eigenvalue weighted by Gasteiger charge is 2.44. The monoisotopic (exact) mass is 262 g/mol. The Hall–Kier alpha value is 0.354. The van der Waals surface area contributed by atoms with Crippen LogP contribution in [0.5, 0.6) is 0 Å².